The lowest BCUT2D eigenvalue weighted by atomic mass is 10.2. The summed E-state index contributed by atoms with van der Waals surface area (Å²) >= 11 is 5.17. The summed E-state index contributed by atoms with van der Waals surface area (Å²) in [6.07, 6.45) is 1.85. The molecule has 84 valence electrons. The van der Waals surface area contributed by atoms with Crippen molar-refractivity contribution >= 4 is 32.4 Å². The molecule has 0 atom stereocenters. The predicted molar refractivity (Wildman–Crippen MR) is 73.4 cm³/mol. The second kappa shape index (κ2) is 6.01. The predicted octanol–water partition coefficient (Wildman–Crippen LogP) is 3.54. The number of alkyl halides is 1. The SMILES string of the molecule is BrCCN(Cc1ccccc1)c1nccs1. The molecule has 0 aliphatic heterocycles. The molecule has 0 saturated heterocycles. The van der Waals surface area contributed by atoms with Gasteiger partial charge in [-0.3, -0.25) is 0 Å². The van der Waals surface area contributed by atoms with Gasteiger partial charge in [0.05, 0.1) is 0 Å². The lowest BCUT2D eigenvalue weighted by molar-refractivity contribution is 0.834. The summed E-state index contributed by atoms with van der Waals surface area (Å²) in [7, 11) is 0. The Balaban J connectivity index is 2.09. The Morgan fingerprint density at radius 3 is 2.69 bits per heavy atom. The van der Waals surface area contributed by atoms with E-state index >= 15 is 0 Å². The Morgan fingerprint density at radius 1 is 1.25 bits per heavy atom. The van der Waals surface area contributed by atoms with E-state index in [1.807, 2.05) is 17.6 Å². The van der Waals surface area contributed by atoms with Crippen LogP contribution in [0.2, 0.25) is 0 Å². The molecule has 4 heteroatoms. The van der Waals surface area contributed by atoms with E-state index in [2.05, 4.69) is 50.1 Å². The average molecular weight is 297 g/mol. The second-order valence-corrected chi connectivity index (χ2v) is 5.08. The molecule has 0 radical (unpaired) electrons. The molecule has 1 aromatic heterocycles. The number of anilines is 1. The zero-order valence-electron chi connectivity index (χ0n) is 8.84. The molecule has 0 aliphatic rings. The molecular formula is C12H13BrN2S. The normalized spacial score (nSPS) is 10.3. The van der Waals surface area contributed by atoms with Gasteiger partial charge in [-0.25, -0.2) is 4.98 Å². The summed E-state index contributed by atoms with van der Waals surface area (Å²) in [5, 5.41) is 4.06. The molecule has 0 bridgehead atoms. The minimum atomic E-state index is 0.917. The Kier molecular flexibility index (Phi) is 4.36. The van der Waals surface area contributed by atoms with Crippen LogP contribution in [0.4, 0.5) is 5.13 Å². The van der Waals surface area contributed by atoms with Gasteiger partial charge in [0.1, 0.15) is 0 Å². The Morgan fingerprint density at radius 2 is 2.06 bits per heavy atom. The molecule has 0 fully saturated rings. The summed E-state index contributed by atoms with van der Waals surface area (Å²) in [6.45, 7) is 1.89. The molecule has 2 nitrogen and oxygen atoms in total. The van der Waals surface area contributed by atoms with Crippen molar-refractivity contribution < 1.29 is 0 Å². The van der Waals surface area contributed by atoms with Crippen molar-refractivity contribution in [3.05, 3.63) is 47.5 Å². The number of benzene rings is 1. The van der Waals surface area contributed by atoms with Crippen LogP contribution in [0.15, 0.2) is 41.9 Å². The van der Waals surface area contributed by atoms with Crippen molar-refractivity contribution in [1.82, 2.24) is 4.98 Å². The van der Waals surface area contributed by atoms with Crippen LogP contribution in [0.25, 0.3) is 0 Å². The summed E-state index contributed by atoms with van der Waals surface area (Å²) in [5.74, 6) is 0. The molecule has 0 amide bonds. The number of aromatic nitrogens is 1. The van der Waals surface area contributed by atoms with Gasteiger partial charge in [0, 0.05) is 30.0 Å². The van der Waals surface area contributed by atoms with Gasteiger partial charge in [0.15, 0.2) is 5.13 Å². The standard InChI is InChI=1S/C12H13BrN2S/c13-6-8-15(12-14-7-9-16-12)10-11-4-2-1-3-5-11/h1-5,7,9H,6,8,10H2. The fourth-order valence-electron chi connectivity index (χ4n) is 1.52. The van der Waals surface area contributed by atoms with Gasteiger partial charge in [0.25, 0.3) is 0 Å². The van der Waals surface area contributed by atoms with Crippen molar-refractivity contribution in [3.63, 3.8) is 0 Å². The lowest BCUT2D eigenvalue weighted by Crippen LogP contribution is -2.24. The van der Waals surface area contributed by atoms with Crippen LogP contribution in [0.1, 0.15) is 5.56 Å². The van der Waals surface area contributed by atoms with Gasteiger partial charge >= 0.3 is 0 Å². The number of hydrogen-bond acceptors (Lipinski definition) is 3. The maximum absolute atomic E-state index is 4.35. The third kappa shape index (κ3) is 3.06. The quantitative estimate of drug-likeness (QED) is 0.785. The largest absolute Gasteiger partial charge is 0.343 e. The maximum Gasteiger partial charge on any atom is 0.185 e. The number of nitrogens with zero attached hydrogens (tertiary/aromatic N) is 2. The highest BCUT2D eigenvalue weighted by Crippen LogP contribution is 2.19. The van der Waals surface area contributed by atoms with E-state index in [0.717, 1.165) is 23.6 Å². The van der Waals surface area contributed by atoms with Crippen molar-refractivity contribution in [1.29, 1.82) is 0 Å². The molecule has 1 heterocycles. The van der Waals surface area contributed by atoms with E-state index in [4.69, 9.17) is 0 Å². The molecule has 0 saturated carbocycles. The van der Waals surface area contributed by atoms with Crippen molar-refractivity contribution in [2.75, 3.05) is 16.8 Å². The first kappa shape index (κ1) is 11.6. The fraction of sp³-hybridized carbons (Fsp3) is 0.250. The summed E-state index contributed by atoms with van der Waals surface area (Å²) < 4.78 is 0. The second-order valence-electron chi connectivity index (χ2n) is 3.41. The van der Waals surface area contributed by atoms with Crippen LogP contribution in [0.5, 0.6) is 0 Å². The third-order valence-electron chi connectivity index (χ3n) is 2.26. The van der Waals surface area contributed by atoms with Gasteiger partial charge in [0.2, 0.25) is 0 Å². The van der Waals surface area contributed by atoms with E-state index in [0.29, 0.717) is 0 Å². The highest BCUT2D eigenvalue weighted by Gasteiger charge is 2.08. The average Bonchev–Trinajstić information content (AvgIpc) is 2.83. The maximum atomic E-state index is 4.35. The van der Waals surface area contributed by atoms with Crippen LogP contribution in [-0.4, -0.2) is 16.9 Å². The zero-order valence-corrected chi connectivity index (χ0v) is 11.2. The van der Waals surface area contributed by atoms with Gasteiger partial charge in [-0.05, 0) is 5.56 Å². The Labute approximate surface area is 108 Å². The van der Waals surface area contributed by atoms with Crippen molar-refractivity contribution in [3.8, 4) is 0 Å². The van der Waals surface area contributed by atoms with Gasteiger partial charge in [-0.1, -0.05) is 46.3 Å². The highest BCUT2D eigenvalue weighted by atomic mass is 79.9. The molecule has 1 aromatic carbocycles. The smallest absolute Gasteiger partial charge is 0.185 e. The van der Waals surface area contributed by atoms with E-state index in [1.54, 1.807) is 11.3 Å². The molecule has 16 heavy (non-hydrogen) atoms. The van der Waals surface area contributed by atoms with Gasteiger partial charge < -0.3 is 4.90 Å². The first-order valence-electron chi connectivity index (χ1n) is 5.14. The number of halogens is 1. The fourth-order valence-corrected chi connectivity index (χ4v) is 2.62. The Hall–Kier alpha value is -0.870. The van der Waals surface area contributed by atoms with Crippen molar-refractivity contribution in [2.24, 2.45) is 0 Å². The zero-order chi connectivity index (χ0) is 11.2. The van der Waals surface area contributed by atoms with E-state index in [9.17, 15) is 0 Å². The number of thiazole rings is 1. The molecule has 0 N–H and O–H groups in total. The van der Waals surface area contributed by atoms with E-state index in [-0.39, 0.29) is 0 Å². The first-order valence-corrected chi connectivity index (χ1v) is 7.14. The molecule has 0 aliphatic carbocycles. The molecule has 2 rings (SSSR count). The molecule has 2 aromatic rings. The highest BCUT2D eigenvalue weighted by molar-refractivity contribution is 9.09. The van der Waals surface area contributed by atoms with Crippen molar-refractivity contribution in [2.45, 2.75) is 6.54 Å². The van der Waals surface area contributed by atoms with E-state index < -0.39 is 0 Å². The topological polar surface area (TPSA) is 16.1 Å². The van der Waals surface area contributed by atoms with Crippen LogP contribution in [0, 0.1) is 0 Å². The third-order valence-corrected chi connectivity index (χ3v) is 3.45. The summed E-state index contributed by atoms with van der Waals surface area (Å²) in [5.41, 5.74) is 1.32. The Bertz CT molecular complexity index is 402. The van der Waals surface area contributed by atoms with Gasteiger partial charge in [-0.2, -0.15) is 0 Å². The lowest BCUT2D eigenvalue weighted by Gasteiger charge is -2.20. The monoisotopic (exact) mass is 296 g/mol. The van der Waals surface area contributed by atoms with Crippen LogP contribution in [-0.2, 0) is 6.54 Å². The van der Waals surface area contributed by atoms with Crippen LogP contribution in [0.3, 0.4) is 0 Å². The number of hydrogen-bond donors (Lipinski definition) is 0. The van der Waals surface area contributed by atoms with Gasteiger partial charge in [-0.15, -0.1) is 11.3 Å². The van der Waals surface area contributed by atoms with Crippen LogP contribution < -0.4 is 4.90 Å². The minimum Gasteiger partial charge on any atom is -0.343 e. The number of rotatable bonds is 5. The summed E-state index contributed by atoms with van der Waals surface area (Å²) in [6, 6.07) is 10.5. The van der Waals surface area contributed by atoms with Crippen LogP contribution >= 0.6 is 27.3 Å². The first-order chi connectivity index (χ1) is 7.90. The molecule has 0 spiro atoms. The molecular weight excluding hydrogens is 284 g/mol. The minimum absolute atomic E-state index is 0.917. The van der Waals surface area contributed by atoms with E-state index in [1.165, 1.54) is 5.56 Å². The summed E-state index contributed by atoms with van der Waals surface area (Å²) in [4.78, 5) is 6.64. The molecule has 0 unspecified atom stereocenters.